The molecule has 0 spiro atoms. The summed E-state index contributed by atoms with van der Waals surface area (Å²) in [6.07, 6.45) is 0.722. The summed E-state index contributed by atoms with van der Waals surface area (Å²) in [6.45, 7) is 5.74. The molecule has 66 valence electrons. The zero-order chi connectivity index (χ0) is 9.19. The molecule has 1 heteroatoms. The summed E-state index contributed by atoms with van der Waals surface area (Å²) in [5.74, 6) is 0. The fourth-order valence-electron chi connectivity index (χ4n) is 1.27. The number of aryl methyl sites for hydroxylation is 1. The Balaban J connectivity index is 2.83. The maximum absolute atomic E-state index is 9.60. The molecular weight excluding hydrogens is 148 g/mol. The van der Waals surface area contributed by atoms with E-state index in [-0.39, 0.29) is 0 Å². The van der Waals surface area contributed by atoms with Crippen molar-refractivity contribution in [1.82, 2.24) is 0 Å². The van der Waals surface area contributed by atoms with E-state index in [1.54, 1.807) is 0 Å². The van der Waals surface area contributed by atoms with Gasteiger partial charge in [-0.15, -0.1) is 0 Å². The molecule has 1 rings (SSSR count). The fourth-order valence-corrected chi connectivity index (χ4v) is 1.27. The Labute approximate surface area is 74.1 Å². The standard InChI is InChI=1S/C11H16O/c1-9-6-4-5-7-10(9)8-11(2,3)12/h4-7,12H,8H2,1-3H3. The van der Waals surface area contributed by atoms with Crippen molar-refractivity contribution in [1.29, 1.82) is 0 Å². The van der Waals surface area contributed by atoms with E-state index in [2.05, 4.69) is 19.1 Å². The Kier molecular flexibility index (Phi) is 2.53. The number of hydrogen-bond acceptors (Lipinski definition) is 1. The van der Waals surface area contributed by atoms with Crippen molar-refractivity contribution in [3.8, 4) is 0 Å². The summed E-state index contributed by atoms with van der Waals surface area (Å²) < 4.78 is 0. The van der Waals surface area contributed by atoms with Gasteiger partial charge in [-0.1, -0.05) is 24.3 Å². The van der Waals surface area contributed by atoms with Gasteiger partial charge in [0.05, 0.1) is 5.60 Å². The van der Waals surface area contributed by atoms with E-state index >= 15 is 0 Å². The highest BCUT2D eigenvalue weighted by atomic mass is 16.3. The molecule has 0 aromatic heterocycles. The number of benzene rings is 1. The molecule has 0 saturated heterocycles. The quantitative estimate of drug-likeness (QED) is 0.711. The van der Waals surface area contributed by atoms with Crippen LogP contribution < -0.4 is 0 Å². The third-order valence-corrected chi connectivity index (χ3v) is 1.88. The summed E-state index contributed by atoms with van der Waals surface area (Å²) in [7, 11) is 0. The molecule has 1 aromatic carbocycles. The van der Waals surface area contributed by atoms with Gasteiger partial charge in [-0.2, -0.15) is 0 Å². The highest BCUT2D eigenvalue weighted by Crippen LogP contribution is 2.15. The summed E-state index contributed by atoms with van der Waals surface area (Å²) in [4.78, 5) is 0. The van der Waals surface area contributed by atoms with Gasteiger partial charge < -0.3 is 5.11 Å². The molecular formula is C11H16O. The summed E-state index contributed by atoms with van der Waals surface area (Å²) in [6, 6.07) is 8.16. The first kappa shape index (κ1) is 9.27. The predicted octanol–water partition coefficient (Wildman–Crippen LogP) is 2.31. The Bertz CT molecular complexity index is 258. The van der Waals surface area contributed by atoms with Crippen LogP contribution in [0.3, 0.4) is 0 Å². The Morgan fingerprint density at radius 1 is 1.25 bits per heavy atom. The number of rotatable bonds is 2. The molecule has 0 bridgehead atoms. The summed E-state index contributed by atoms with van der Waals surface area (Å²) in [5.41, 5.74) is 1.87. The highest BCUT2D eigenvalue weighted by molar-refractivity contribution is 5.26. The number of hydrogen-bond donors (Lipinski definition) is 1. The van der Waals surface area contributed by atoms with Gasteiger partial charge in [0.15, 0.2) is 0 Å². The van der Waals surface area contributed by atoms with Crippen molar-refractivity contribution in [2.24, 2.45) is 0 Å². The van der Waals surface area contributed by atoms with Crippen molar-refractivity contribution in [3.05, 3.63) is 35.4 Å². The minimum absolute atomic E-state index is 0.605. The van der Waals surface area contributed by atoms with Crippen molar-refractivity contribution < 1.29 is 5.11 Å². The number of aliphatic hydroxyl groups is 1. The lowest BCUT2D eigenvalue weighted by Gasteiger charge is -2.18. The van der Waals surface area contributed by atoms with E-state index in [1.807, 2.05) is 26.0 Å². The van der Waals surface area contributed by atoms with Crippen molar-refractivity contribution >= 4 is 0 Å². The van der Waals surface area contributed by atoms with E-state index in [9.17, 15) is 5.11 Å². The van der Waals surface area contributed by atoms with Gasteiger partial charge >= 0.3 is 0 Å². The third kappa shape index (κ3) is 2.67. The molecule has 0 unspecified atom stereocenters. The van der Waals surface area contributed by atoms with Gasteiger partial charge in [0.25, 0.3) is 0 Å². The minimum atomic E-state index is -0.605. The summed E-state index contributed by atoms with van der Waals surface area (Å²) >= 11 is 0. The van der Waals surface area contributed by atoms with E-state index < -0.39 is 5.60 Å². The smallest absolute Gasteiger partial charge is 0.0632 e. The molecule has 1 aromatic rings. The molecule has 0 radical (unpaired) electrons. The van der Waals surface area contributed by atoms with Crippen LogP contribution in [-0.4, -0.2) is 10.7 Å². The Morgan fingerprint density at radius 3 is 2.33 bits per heavy atom. The van der Waals surface area contributed by atoms with Crippen LogP contribution in [-0.2, 0) is 6.42 Å². The Hall–Kier alpha value is -0.820. The third-order valence-electron chi connectivity index (χ3n) is 1.88. The molecule has 1 N–H and O–H groups in total. The highest BCUT2D eigenvalue weighted by Gasteiger charge is 2.13. The molecule has 0 fully saturated rings. The maximum atomic E-state index is 9.60. The monoisotopic (exact) mass is 164 g/mol. The van der Waals surface area contributed by atoms with E-state index in [0.717, 1.165) is 6.42 Å². The average molecular weight is 164 g/mol. The van der Waals surface area contributed by atoms with E-state index in [0.29, 0.717) is 0 Å². The van der Waals surface area contributed by atoms with Crippen molar-refractivity contribution in [2.75, 3.05) is 0 Å². The Morgan fingerprint density at radius 2 is 1.83 bits per heavy atom. The molecule has 1 nitrogen and oxygen atoms in total. The van der Waals surface area contributed by atoms with Gasteiger partial charge in [0.2, 0.25) is 0 Å². The normalized spacial score (nSPS) is 11.7. The molecule has 0 aliphatic heterocycles. The molecule has 0 heterocycles. The zero-order valence-electron chi connectivity index (χ0n) is 7.96. The predicted molar refractivity (Wildman–Crippen MR) is 51.2 cm³/mol. The minimum Gasteiger partial charge on any atom is -0.390 e. The average Bonchev–Trinajstić information content (AvgIpc) is 1.91. The van der Waals surface area contributed by atoms with Gasteiger partial charge in [-0.25, -0.2) is 0 Å². The first-order valence-corrected chi connectivity index (χ1v) is 4.26. The van der Waals surface area contributed by atoms with Crippen LogP contribution in [0.4, 0.5) is 0 Å². The maximum Gasteiger partial charge on any atom is 0.0632 e. The zero-order valence-corrected chi connectivity index (χ0v) is 7.96. The lowest BCUT2D eigenvalue weighted by atomic mass is 9.96. The van der Waals surface area contributed by atoms with Crippen molar-refractivity contribution in [2.45, 2.75) is 32.8 Å². The summed E-state index contributed by atoms with van der Waals surface area (Å²) in [5, 5.41) is 9.60. The second kappa shape index (κ2) is 3.28. The van der Waals surface area contributed by atoms with E-state index in [4.69, 9.17) is 0 Å². The topological polar surface area (TPSA) is 20.2 Å². The molecule has 0 aliphatic rings. The molecule has 0 saturated carbocycles. The van der Waals surface area contributed by atoms with Gasteiger partial charge in [-0.05, 0) is 31.9 Å². The molecule has 0 amide bonds. The molecule has 12 heavy (non-hydrogen) atoms. The van der Waals surface area contributed by atoms with Crippen LogP contribution in [0, 0.1) is 6.92 Å². The van der Waals surface area contributed by atoms with Crippen LogP contribution in [0.15, 0.2) is 24.3 Å². The largest absolute Gasteiger partial charge is 0.390 e. The second-order valence-electron chi connectivity index (χ2n) is 3.92. The van der Waals surface area contributed by atoms with E-state index in [1.165, 1.54) is 11.1 Å². The van der Waals surface area contributed by atoms with Gasteiger partial charge in [0.1, 0.15) is 0 Å². The first-order valence-electron chi connectivity index (χ1n) is 4.26. The van der Waals surface area contributed by atoms with Crippen LogP contribution in [0.25, 0.3) is 0 Å². The van der Waals surface area contributed by atoms with Crippen LogP contribution in [0.5, 0.6) is 0 Å². The second-order valence-corrected chi connectivity index (χ2v) is 3.92. The molecule has 0 atom stereocenters. The van der Waals surface area contributed by atoms with Crippen LogP contribution in [0.2, 0.25) is 0 Å². The lowest BCUT2D eigenvalue weighted by molar-refractivity contribution is 0.0808. The van der Waals surface area contributed by atoms with Crippen LogP contribution in [0.1, 0.15) is 25.0 Å². The van der Waals surface area contributed by atoms with Gasteiger partial charge in [-0.3, -0.25) is 0 Å². The molecule has 0 aliphatic carbocycles. The van der Waals surface area contributed by atoms with Gasteiger partial charge in [0, 0.05) is 6.42 Å². The first-order chi connectivity index (χ1) is 5.49. The fraction of sp³-hybridized carbons (Fsp3) is 0.455. The lowest BCUT2D eigenvalue weighted by Crippen LogP contribution is -2.22. The SMILES string of the molecule is Cc1ccccc1CC(C)(C)O. The van der Waals surface area contributed by atoms with Crippen molar-refractivity contribution in [3.63, 3.8) is 0 Å². The van der Waals surface area contributed by atoms with Crippen LogP contribution >= 0.6 is 0 Å².